The summed E-state index contributed by atoms with van der Waals surface area (Å²) in [5.74, 6) is -1.73. The summed E-state index contributed by atoms with van der Waals surface area (Å²) in [6.07, 6.45) is -9.52. The minimum absolute atomic E-state index is 0.202. The number of nitrogens with one attached hydrogen (secondary N) is 1. The van der Waals surface area contributed by atoms with E-state index in [1.54, 1.807) is 13.8 Å². The summed E-state index contributed by atoms with van der Waals surface area (Å²) >= 11 is 0. The number of aromatic nitrogens is 4. The molecule has 2 heterocycles. The molecule has 1 N–H and O–H groups in total. The van der Waals surface area contributed by atoms with E-state index in [1.165, 1.54) is 18.2 Å². The van der Waals surface area contributed by atoms with E-state index >= 15 is 0 Å². The topological polar surface area (TPSA) is 64.3 Å². The first-order valence-corrected chi connectivity index (χ1v) is 7.86. The van der Waals surface area contributed by atoms with E-state index in [1.807, 2.05) is 0 Å². The fraction of sp³-hybridized carbons (Fsp3) is 0.312. The number of alkyl halides is 6. The van der Waals surface area contributed by atoms with Crippen LogP contribution in [-0.4, -0.2) is 25.9 Å². The molecule has 6 nitrogen and oxygen atoms in total. The van der Waals surface area contributed by atoms with Gasteiger partial charge in [0.25, 0.3) is 11.6 Å². The van der Waals surface area contributed by atoms with Crippen molar-refractivity contribution < 1.29 is 31.1 Å². The molecule has 0 aliphatic rings. The van der Waals surface area contributed by atoms with E-state index in [-0.39, 0.29) is 17.3 Å². The molecule has 0 saturated heterocycles. The van der Waals surface area contributed by atoms with E-state index in [4.69, 9.17) is 0 Å². The number of ether oxygens (including phenoxy) is 1. The first-order valence-electron chi connectivity index (χ1n) is 7.86. The summed E-state index contributed by atoms with van der Waals surface area (Å²) in [5.41, 5.74) is 0.991. The Balaban J connectivity index is 1.86. The molecule has 1 aromatic carbocycles. The predicted molar refractivity (Wildman–Crippen MR) is 85.7 cm³/mol. The molecule has 28 heavy (non-hydrogen) atoms. The third kappa shape index (κ3) is 4.43. The Morgan fingerprint density at radius 3 is 2.25 bits per heavy atom. The summed E-state index contributed by atoms with van der Waals surface area (Å²) in [5, 5.41) is 6.40. The normalized spacial score (nSPS) is 13.6. The lowest BCUT2D eigenvalue weighted by Gasteiger charge is -2.17. The van der Waals surface area contributed by atoms with Crippen LogP contribution in [0.4, 0.5) is 32.2 Å². The van der Waals surface area contributed by atoms with E-state index in [0.717, 1.165) is 16.6 Å². The Morgan fingerprint density at radius 1 is 1.04 bits per heavy atom. The second-order valence-electron chi connectivity index (χ2n) is 5.91. The number of rotatable bonds is 4. The predicted octanol–water partition coefficient (Wildman–Crippen LogP) is 4.52. The van der Waals surface area contributed by atoms with Crippen LogP contribution >= 0.6 is 0 Å². The van der Waals surface area contributed by atoms with Crippen molar-refractivity contribution >= 4 is 11.6 Å². The molecule has 12 heteroatoms. The molecule has 0 aliphatic heterocycles. The van der Waals surface area contributed by atoms with Crippen LogP contribution in [0.15, 0.2) is 30.3 Å². The zero-order valence-corrected chi connectivity index (χ0v) is 14.4. The van der Waals surface area contributed by atoms with Gasteiger partial charge in [-0.25, -0.2) is 4.98 Å². The molecule has 0 fully saturated rings. The number of nitrogens with zero attached hydrogens (tertiary/aromatic N) is 4. The number of anilines is 1. The molecular weight excluding hydrogens is 392 g/mol. The lowest BCUT2D eigenvalue weighted by Crippen LogP contribution is -2.17. The Morgan fingerprint density at radius 2 is 1.68 bits per heavy atom. The number of hydrogen-bond acceptors (Lipinski definition) is 5. The van der Waals surface area contributed by atoms with E-state index in [0.29, 0.717) is 11.3 Å². The number of halogens is 6. The van der Waals surface area contributed by atoms with Crippen molar-refractivity contribution in [2.24, 2.45) is 0 Å². The molecule has 0 radical (unpaired) electrons. The molecular formula is C16H13F6N5O. The van der Waals surface area contributed by atoms with Gasteiger partial charge in [0.2, 0.25) is 0 Å². The summed E-state index contributed by atoms with van der Waals surface area (Å²) in [7, 11) is 0. The average Bonchev–Trinajstić information content (AvgIpc) is 2.98. The largest absolute Gasteiger partial charge is 0.573 e. The molecule has 1 atom stereocenters. The zero-order valence-electron chi connectivity index (χ0n) is 14.4. The molecule has 0 bridgehead atoms. The highest BCUT2D eigenvalue weighted by atomic mass is 19.4. The smallest absolute Gasteiger partial charge is 0.406 e. The Labute approximate surface area is 154 Å². The van der Waals surface area contributed by atoms with E-state index in [9.17, 15) is 26.3 Å². The molecule has 150 valence electrons. The van der Waals surface area contributed by atoms with Crippen molar-refractivity contribution in [3.63, 3.8) is 0 Å². The monoisotopic (exact) mass is 405 g/mol. The first-order chi connectivity index (χ1) is 12.9. The Bertz CT molecular complexity index is 980. The van der Waals surface area contributed by atoms with Gasteiger partial charge in [0.1, 0.15) is 11.6 Å². The van der Waals surface area contributed by atoms with Crippen LogP contribution in [0.2, 0.25) is 0 Å². The van der Waals surface area contributed by atoms with Gasteiger partial charge < -0.3 is 10.1 Å². The maximum absolute atomic E-state index is 12.9. The maximum atomic E-state index is 12.9. The molecule has 0 amide bonds. The molecule has 0 saturated carbocycles. The van der Waals surface area contributed by atoms with Crippen LogP contribution in [0.1, 0.15) is 30.0 Å². The van der Waals surface area contributed by atoms with Crippen molar-refractivity contribution in [3.8, 4) is 5.75 Å². The molecule has 2 aromatic heterocycles. The minimum Gasteiger partial charge on any atom is -0.406 e. The van der Waals surface area contributed by atoms with Crippen LogP contribution in [-0.2, 0) is 6.18 Å². The van der Waals surface area contributed by atoms with Gasteiger partial charge in [-0.05, 0) is 31.5 Å². The molecule has 0 aliphatic carbocycles. The number of benzene rings is 1. The maximum Gasteiger partial charge on any atom is 0.573 e. The quantitative estimate of drug-likeness (QED) is 0.647. The summed E-state index contributed by atoms with van der Waals surface area (Å²) in [6.45, 7) is 3.27. The van der Waals surface area contributed by atoms with Gasteiger partial charge in [0, 0.05) is 17.8 Å². The molecule has 0 unspecified atom stereocenters. The van der Waals surface area contributed by atoms with E-state index < -0.39 is 24.4 Å². The standard InChI is InChI=1S/C16H13F6N5O/c1-8-7-12(27-14(23-8)25-13(26-27)15(17,18)19)24-9(2)10-3-5-11(6-4-10)28-16(20,21)22/h3-7,9,24H,1-2H3/t9-/m0/s1. The highest BCUT2D eigenvalue weighted by Crippen LogP contribution is 2.29. The van der Waals surface area contributed by atoms with Gasteiger partial charge >= 0.3 is 12.5 Å². The molecule has 3 aromatic rings. The SMILES string of the molecule is Cc1cc(N[C@@H](C)c2ccc(OC(F)(F)F)cc2)n2nc(C(F)(F)F)nc2n1. The van der Waals surface area contributed by atoms with Crippen molar-refractivity contribution in [2.45, 2.75) is 32.4 Å². The summed E-state index contributed by atoms with van der Waals surface area (Å²) in [4.78, 5) is 7.31. The molecule has 0 spiro atoms. The zero-order chi connectivity index (χ0) is 20.7. The van der Waals surface area contributed by atoms with Crippen molar-refractivity contribution in [1.82, 2.24) is 19.6 Å². The second kappa shape index (κ2) is 6.84. The fourth-order valence-electron chi connectivity index (χ4n) is 2.47. The Hall–Kier alpha value is -3.05. The number of aryl methyl sites for hydroxylation is 1. The van der Waals surface area contributed by atoms with E-state index in [2.05, 4.69) is 25.1 Å². The first kappa shape index (κ1) is 19.7. The van der Waals surface area contributed by atoms with Gasteiger partial charge in [0.05, 0.1) is 0 Å². The lowest BCUT2D eigenvalue weighted by molar-refractivity contribution is -0.274. The highest BCUT2D eigenvalue weighted by Gasteiger charge is 2.37. The van der Waals surface area contributed by atoms with Crippen molar-refractivity contribution in [3.05, 3.63) is 47.4 Å². The Kier molecular flexibility index (Phi) is 4.81. The molecule has 3 rings (SSSR count). The summed E-state index contributed by atoms with van der Waals surface area (Å²) < 4.78 is 80.0. The third-order valence-corrected chi connectivity index (χ3v) is 3.67. The van der Waals surface area contributed by atoms with Crippen LogP contribution < -0.4 is 10.1 Å². The summed E-state index contributed by atoms with van der Waals surface area (Å²) in [6, 6.07) is 6.12. The average molecular weight is 405 g/mol. The lowest BCUT2D eigenvalue weighted by atomic mass is 10.1. The van der Waals surface area contributed by atoms with Gasteiger partial charge in [0.15, 0.2) is 0 Å². The van der Waals surface area contributed by atoms with Crippen molar-refractivity contribution in [1.29, 1.82) is 0 Å². The van der Waals surface area contributed by atoms with Gasteiger partial charge in [-0.3, -0.25) is 0 Å². The van der Waals surface area contributed by atoms with Crippen LogP contribution in [0.3, 0.4) is 0 Å². The van der Waals surface area contributed by atoms with Crippen LogP contribution in [0.25, 0.3) is 5.78 Å². The van der Waals surface area contributed by atoms with Gasteiger partial charge in [-0.15, -0.1) is 18.3 Å². The number of hydrogen-bond donors (Lipinski definition) is 1. The van der Waals surface area contributed by atoms with Gasteiger partial charge in [-0.2, -0.15) is 22.7 Å². The number of fused-ring (bicyclic) bond motifs is 1. The third-order valence-electron chi connectivity index (χ3n) is 3.67. The second-order valence-corrected chi connectivity index (χ2v) is 5.91. The fourth-order valence-corrected chi connectivity index (χ4v) is 2.47. The van der Waals surface area contributed by atoms with Crippen LogP contribution in [0.5, 0.6) is 5.75 Å². The van der Waals surface area contributed by atoms with Crippen LogP contribution in [0, 0.1) is 6.92 Å². The van der Waals surface area contributed by atoms with Crippen molar-refractivity contribution in [2.75, 3.05) is 5.32 Å². The minimum atomic E-state index is -4.80. The highest BCUT2D eigenvalue weighted by molar-refractivity contribution is 5.47. The van der Waals surface area contributed by atoms with Gasteiger partial charge in [-0.1, -0.05) is 12.1 Å².